The number of halogens is 1. The van der Waals surface area contributed by atoms with Gasteiger partial charge in [0.1, 0.15) is 5.69 Å². The van der Waals surface area contributed by atoms with Gasteiger partial charge in [-0.3, -0.25) is 19.5 Å². The summed E-state index contributed by atoms with van der Waals surface area (Å²) >= 11 is 7.03. The molecule has 0 atom stereocenters. The highest BCUT2D eigenvalue weighted by atomic mass is 35.5. The van der Waals surface area contributed by atoms with E-state index in [0.717, 1.165) is 75.5 Å². The Morgan fingerprint density at radius 2 is 1.89 bits per heavy atom. The van der Waals surface area contributed by atoms with Gasteiger partial charge in [-0.25, -0.2) is 0 Å². The number of rotatable bonds is 4. The molecule has 1 N–H and O–H groups in total. The third kappa shape index (κ3) is 3.97. The quantitative estimate of drug-likeness (QED) is 0.357. The van der Waals surface area contributed by atoms with Crippen molar-refractivity contribution in [2.75, 3.05) is 20.1 Å². The lowest BCUT2D eigenvalue weighted by atomic mass is 9.93. The maximum atomic E-state index is 12.1. The summed E-state index contributed by atoms with van der Waals surface area (Å²) < 4.78 is 2.17. The van der Waals surface area contributed by atoms with Crippen molar-refractivity contribution in [3.05, 3.63) is 70.5 Å². The van der Waals surface area contributed by atoms with Gasteiger partial charge in [0.2, 0.25) is 5.91 Å². The van der Waals surface area contributed by atoms with Gasteiger partial charge in [-0.1, -0.05) is 30.3 Å². The highest BCUT2D eigenvalue weighted by Gasteiger charge is 2.29. The number of amides is 1. The average Bonchev–Trinajstić information content (AvgIpc) is 3.60. The number of nitrogens with zero attached hydrogens (tertiary/aromatic N) is 5. The molecule has 2 aliphatic heterocycles. The van der Waals surface area contributed by atoms with E-state index in [1.807, 2.05) is 24.1 Å². The van der Waals surface area contributed by atoms with Gasteiger partial charge in [-0.05, 0) is 68.6 Å². The molecule has 0 unspecified atom stereocenters. The number of fused-ring (bicyclic) bond motifs is 2. The standard InChI is InChI=1S/C29H31ClN6O/c1-5-25(37)35-10-8-22(9-11-35)36-18(3)26(27-23-14-31-32-24(23)12-17(2)28(27)30)29(33-36)19-6-7-20-15-34(4)16-21(20)13-19/h5-7,12-14,22H,1,8-11,15-16H2,2-4H3,(H,31,32). The van der Waals surface area contributed by atoms with Crippen LogP contribution >= 0.6 is 11.6 Å². The molecule has 0 bridgehead atoms. The number of hydrogen-bond donors (Lipinski definition) is 1. The van der Waals surface area contributed by atoms with Crippen LogP contribution in [-0.2, 0) is 17.9 Å². The maximum absolute atomic E-state index is 12.1. The number of H-pyrrole nitrogens is 1. The zero-order valence-electron chi connectivity index (χ0n) is 21.5. The number of carbonyl (C=O) groups excluding carboxylic acids is 1. The van der Waals surface area contributed by atoms with Crippen LogP contribution in [0.15, 0.2) is 43.1 Å². The molecule has 7 nitrogen and oxygen atoms in total. The van der Waals surface area contributed by atoms with Gasteiger partial charge in [0.15, 0.2) is 0 Å². The third-order valence-electron chi connectivity index (χ3n) is 7.92. The summed E-state index contributed by atoms with van der Waals surface area (Å²) in [4.78, 5) is 16.3. The fraction of sp³-hybridized carbons (Fsp3) is 0.345. The van der Waals surface area contributed by atoms with E-state index < -0.39 is 0 Å². The zero-order valence-corrected chi connectivity index (χ0v) is 22.3. The Balaban J connectivity index is 1.52. The van der Waals surface area contributed by atoms with E-state index in [-0.39, 0.29) is 11.9 Å². The molecule has 0 radical (unpaired) electrons. The first-order chi connectivity index (χ1) is 17.9. The van der Waals surface area contributed by atoms with Crippen molar-refractivity contribution in [1.29, 1.82) is 0 Å². The molecule has 6 rings (SSSR count). The lowest BCUT2D eigenvalue weighted by molar-refractivity contribution is -0.127. The molecular formula is C29H31ClN6O. The Kier molecular flexibility index (Phi) is 5.92. The van der Waals surface area contributed by atoms with Crippen LogP contribution in [0, 0.1) is 13.8 Å². The smallest absolute Gasteiger partial charge is 0.245 e. The minimum absolute atomic E-state index is 0.00554. The summed E-state index contributed by atoms with van der Waals surface area (Å²) in [6.45, 7) is 11.1. The Morgan fingerprint density at radius 1 is 1.14 bits per heavy atom. The molecule has 190 valence electrons. The largest absolute Gasteiger partial charge is 0.339 e. The topological polar surface area (TPSA) is 70.1 Å². The van der Waals surface area contributed by atoms with Crippen LogP contribution in [0.3, 0.4) is 0 Å². The van der Waals surface area contributed by atoms with E-state index >= 15 is 0 Å². The lowest BCUT2D eigenvalue weighted by Crippen LogP contribution is -2.38. The number of carbonyl (C=O) groups is 1. The first-order valence-corrected chi connectivity index (χ1v) is 13.2. The summed E-state index contributed by atoms with van der Waals surface area (Å²) in [5, 5.41) is 14.4. The van der Waals surface area contributed by atoms with Crippen molar-refractivity contribution in [2.45, 2.75) is 45.8 Å². The first-order valence-electron chi connectivity index (χ1n) is 12.8. The highest BCUT2D eigenvalue weighted by Crippen LogP contribution is 2.45. The van der Waals surface area contributed by atoms with Crippen LogP contribution in [-0.4, -0.2) is 55.8 Å². The Bertz CT molecular complexity index is 1540. The van der Waals surface area contributed by atoms with Crippen LogP contribution < -0.4 is 0 Å². The number of aryl methyl sites for hydroxylation is 1. The van der Waals surface area contributed by atoms with E-state index in [0.29, 0.717) is 13.1 Å². The summed E-state index contributed by atoms with van der Waals surface area (Å²) in [6, 6.07) is 8.96. The average molecular weight is 515 g/mol. The second kappa shape index (κ2) is 9.15. The van der Waals surface area contributed by atoms with Gasteiger partial charge >= 0.3 is 0 Å². The van der Waals surface area contributed by atoms with Gasteiger partial charge in [0.05, 0.1) is 22.8 Å². The van der Waals surface area contributed by atoms with Gasteiger partial charge in [-0.2, -0.15) is 10.2 Å². The van der Waals surface area contributed by atoms with E-state index in [2.05, 4.69) is 58.5 Å². The number of aromatic amines is 1. The molecule has 2 aromatic heterocycles. The molecule has 1 fully saturated rings. The fourth-order valence-electron chi connectivity index (χ4n) is 5.99. The molecule has 4 heterocycles. The van der Waals surface area contributed by atoms with Crippen LogP contribution in [0.5, 0.6) is 0 Å². The van der Waals surface area contributed by atoms with Crippen molar-refractivity contribution < 1.29 is 4.79 Å². The van der Waals surface area contributed by atoms with E-state index in [4.69, 9.17) is 16.7 Å². The Hall–Kier alpha value is -3.42. The molecule has 37 heavy (non-hydrogen) atoms. The van der Waals surface area contributed by atoms with Gasteiger partial charge in [0, 0.05) is 53.9 Å². The van der Waals surface area contributed by atoms with Crippen molar-refractivity contribution in [2.24, 2.45) is 0 Å². The number of piperidine rings is 1. The van der Waals surface area contributed by atoms with Crippen molar-refractivity contribution in [3.8, 4) is 22.4 Å². The number of hydrogen-bond acceptors (Lipinski definition) is 4. The molecule has 0 spiro atoms. The molecule has 0 aliphatic carbocycles. The summed E-state index contributed by atoms with van der Waals surface area (Å²) in [5.41, 5.74) is 9.81. The predicted molar refractivity (Wildman–Crippen MR) is 147 cm³/mol. The highest BCUT2D eigenvalue weighted by molar-refractivity contribution is 6.36. The minimum Gasteiger partial charge on any atom is -0.339 e. The number of nitrogens with one attached hydrogen (secondary N) is 1. The molecule has 1 saturated heterocycles. The number of aromatic nitrogens is 4. The van der Waals surface area contributed by atoms with Crippen molar-refractivity contribution >= 4 is 28.4 Å². The third-order valence-corrected chi connectivity index (χ3v) is 8.41. The van der Waals surface area contributed by atoms with E-state index in [1.54, 1.807) is 0 Å². The second-order valence-electron chi connectivity index (χ2n) is 10.4. The molecular weight excluding hydrogens is 484 g/mol. The first kappa shape index (κ1) is 23.9. The minimum atomic E-state index is -0.00554. The van der Waals surface area contributed by atoms with Gasteiger partial charge < -0.3 is 4.90 Å². The van der Waals surface area contributed by atoms with Crippen LogP contribution in [0.25, 0.3) is 33.3 Å². The van der Waals surface area contributed by atoms with Crippen molar-refractivity contribution in [3.63, 3.8) is 0 Å². The zero-order chi connectivity index (χ0) is 25.8. The molecule has 4 aromatic rings. The van der Waals surface area contributed by atoms with Crippen molar-refractivity contribution in [1.82, 2.24) is 29.8 Å². The molecule has 1 amide bonds. The number of likely N-dealkylation sites (tertiary alicyclic amines) is 1. The van der Waals surface area contributed by atoms with Gasteiger partial charge in [-0.15, -0.1) is 0 Å². The fourth-order valence-corrected chi connectivity index (χ4v) is 6.24. The van der Waals surface area contributed by atoms with Crippen LogP contribution in [0.1, 0.15) is 41.3 Å². The molecule has 2 aliphatic rings. The summed E-state index contributed by atoms with van der Waals surface area (Å²) in [5.74, 6) is -0.00554. The molecule has 8 heteroatoms. The van der Waals surface area contributed by atoms with Crippen LogP contribution in [0.2, 0.25) is 5.02 Å². The summed E-state index contributed by atoms with van der Waals surface area (Å²) in [7, 11) is 2.15. The predicted octanol–water partition coefficient (Wildman–Crippen LogP) is 5.66. The molecule has 0 saturated carbocycles. The monoisotopic (exact) mass is 514 g/mol. The normalized spacial score (nSPS) is 16.5. The second-order valence-corrected chi connectivity index (χ2v) is 10.8. The maximum Gasteiger partial charge on any atom is 0.245 e. The van der Waals surface area contributed by atoms with E-state index in [9.17, 15) is 4.79 Å². The lowest BCUT2D eigenvalue weighted by Gasteiger charge is -2.32. The Labute approximate surface area is 221 Å². The Morgan fingerprint density at radius 3 is 2.65 bits per heavy atom. The molecule has 2 aromatic carbocycles. The summed E-state index contributed by atoms with van der Waals surface area (Å²) in [6.07, 6.45) is 4.95. The van der Waals surface area contributed by atoms with Gasteiger partial charge in [0.25, 0.3) is 0 Å². The SMILES string of the molecule is C=CC(=O)N1CCC(n2nc(-c3ccc4c(c3)CN(C)C4)c(-c3c(Cl)c(C)cc4[nH]ncc34)c2C)CC1. The van der Waals surface area contributed by atoms with E-state index in [1.165, 1.54) is 17.2 Å². The number of benzene rings is 2. The van der Waals surface area contributed by atoms with Crippen LogP contribution in [0.4, 0.5) is 0 Å².